The molecular formula is C16H16ClN5. The predicted molar refractivity (Wildman–Crippen MR) is 87.1 cm³/mol. The van der Waals surface area contributed by atoms with Crippen molar-refractivity contribution in [2.75, 3.05) is 11.4 Å². The summed E-state index contributed by atoms with van der Waals surface area (Å²) in [7, 11) is 1.95. The number of benzene rings is 1. The zero-order chi connectivity index (χ0) is 15.1. The third kappa shape index (κ3) is 2.13. The van der Waals surface area contributed by atoms with Crippen molar-refractivity contribution in [1.29, 1.82) is 0 Å². The van der Waals surface area contributed by atoms with E-state index in [0.717, 1.165) is 41.4 Å². The first-order valence-electron chi connectivity index (χ1n) is 7.38. The van der Waals surface area contributed by atoms with Crippen LogP contribution in [0.5, 0.6) is 0 Å². The van der Waals surface area contributed by atoms with Gasteiger partial charge in [-0.2, -0.15) is 0 Å². The van der Waals surface area contributed by atoms with Gasteiger partial charge in [-0.1, -0.05) is 23.7 Å². The van der Waals surface area contributed by atoms with E-state index < -0.39 is 0 Å². The summed E-state index contributed by atoms with van der Waals surface area (Å²) in [5.74, 6) is 0.919. The lowest BCUT2D eigenvalue weighted by atomic mass is 10.0. The zero-order valence-electron chi connectivity index (χ0n) is 12.3. The van der Waals surface area contributed by atoms with Crippen molar-refractivity contribution >= 4 is 28.6 Å². The summed E-state index contributed by atoms with van der Waals surface area (Å²) >= 11 is 6.01. The van der Waals surface area contributed by atoms with Crippen LogP contribution < -0.4 is 4.90 Å². The Bertz CT molecular complexity index is 811. The molecule has 1 aliphatic rings. The van der Waals surface area contributed by atoms with Crippen LogP contribution in [0.25, 0.3) is 11.2 Å². The fraction of sp³-hybridized carbons (Fsp3) is 0.312. The number of rotatable bonds is 2. The molecule has 0 bridgehead atoms. The maximum Gasteiger partial charge on any atom is 0.165 e. The molecule has 112 valence electrons. The largest absolute Gasteiger partial charge is 0.348 e. The maximum absolute atomic E-state index is 6.01. The van der Waals surface area contributed by atoms with Crippen molar-refractivity contribution in [1.82, 2.24) is 19.5 Å². The molecule has 22 heavy (non-hydrogen) atoms. The average molecular weight is 314 g/mol. The molecule has 1 aromatic carbocycles. The first-order chi connectivity index (χ1) is 10.7. The van der Waals surface area contributed by atoms with Crippen LogP contribution >= 0.6 is 11.6 Å². The van der Waals surface area contributed by atoms with Gasteiger partial charge in [-0.15, -0.1) is 0 Å². The van der Waals surface area contributed by atoms with E-state index in [9.17, 15) is 0 Å². The maximum atomic E-state index is 6.01. The molecule has 0 radical (unpaired) electrons. The van der Waals surface area contributed by atoms with Crippen LogP contribution in [0.15, 0.2) is 36.9 Å². The molecule has 5 nitrogen and oxygen atoms in total. The van der Waals surface area contributed by atoms with Gasteiger partial charge in [-0.3, -0.25) is 0 Å². The molecule has 1 atom stereocenters. The Balaban J connectivity index is 1.78. The summed E-state index contributed by atoms with van der Waals surface area (Å²) in [6.07, 6.45) is 5.67. The highest BCUT2D eigenvalue weighted by atomic mass is 35.5. The number of aromatic nitrogens is 4. The van der Waals surface area contributed by atoms with Crippen molar-refractivity contribution in [3.8, 4) is 0 Å². The minimum Gasteiger partial charge on any atom is -0.348 e. The number of halogens is 1. The Hall–Kier alpha value is -2.14. The smallest absolute Gasteiger partial charge is 0.165 e. The third-order valence-electron chi connectivity index (χ3n) is 4.26. The molecule has 1 fully saturated rings. The van der Waals surface area contributed by atoms with E-state index in [-0.39, 0.29) is 0 Å². The fourth-order valence-corrected chi connectivity index (χ4v) is 3.32. The van der Waals surface area contributed by atoms with Gasteiger partial charge in [-0.05, 0) is 30.5 Å². The van der Waals surface area contributed by atoms with Crippen LogP contribution in [-0.4, -0.2) is 26.1 Å². The van der Waals surface area contributed by atoms with E-state index in [1.165, 1.54) is 5.56 Å². The number of aryl methyl sites for hydroxylation is 1. The van der Waals surface area contributed by atoms with Crippen LogP contribution in [0, 0.1) is 0 Å². The quantitative estimate of drug-likeness (QED) is 0.728. The molecule has 3 aromatic rings. The molecule has 2 aromatic heterocycles. The highest BCUT2D eigenvalue weighted by Crippen LogP contribution is 2.37. The van der Waals surface area contributed by atoms with Crippen molar-refractivity contribution < 1.29 is 0 Å². The second-order valence-electron chi connectivity index (χ2n) is 5.63. The molecule has 1 aliphatic heterocycles. The minimum atomic E-state index is 0.317. The molecule has 1 saturated heterocycles. The van der Waals surface area contributed by atoms with E-state index in [1.54, 1.807) is 12.7 Å². The Morgan fingerprint density at radius 3 is 2.77 bits per heavy atom. The second-order valence-corrected chi connectivity index (χ2v) is 6.06. The van der Waals surface area contributed by atoms with Crippen LogP contribution in [0.3, 0.4) is 0 Å². The second kappa shape index (κ2) is 5.25. The van der Waals surface area contributed by atoms with Gasteiger partial charge < -0.3 is 9.47 Å². The number of fused-ring (bicyclic) bond motifs is 1. The number of nitrogens with zero attached hydrogens (tertiary/aromatic N) is 5. The van der Waals surface area contributed by atoms with Crippen LogP contribution in [-0.2, 0) is 7.05 Å². The SMILES string of the molecule is Cn1cnc2c(N3CCCC3c3ccc(Cl)cc3)ncnc21. The predicted octanol–water partition coefficient (Wildman–Crippen LogP) is 3.36. The number of anilines is 1. The summed E-state index contributed by atoms with van der Waals surface area (Å²) in [5.41, 5.74) is 3.00. The normalized spacial score (nSPS) is 18.3. The number of hydrogen-bond donors (Lipinski definition) is 0. The summed E-state index contributed by atoms with van der Waals surface area (Å²) in [6, 6.07) is 8.41. The molecule has 0 saturated carbocycles. The highest BCUT2D eigenvalue weighted by molar-refractivity contribution is 6.30. The molecular weight excluding hydrogens is 298 g/mol. The molecule has 0 aliphatic carbocycles. The van der Waals surface area contributed by atoms with Crippen molar-refractivity contribution in [3.63, 3.8) is 0 Å². The van der Waals surface area contributed by atoms with E-state index in [4.69, 9.17) is 11.6 Å². The van der Waals surface area contributed by atoms with Gasteiger partial charge in [0.15, 0.2) is 17.0 Å². The van der Waals surface area contributed by atoms with Crippen LogP contribution in [0.4, 0.5) is 5.82 Å². The van der Waals surface area contributed by atoms with E-state index in [1.807, 2.05) is 23.7 Å². The van der Waals surface area contributed by atoms with Crippen LogP contribution in [0.1, 0.15) is 24.4 Å². The molecule has 4 rings (SSSR count). The monoisotopic (exact) mass is 313 g/mol. The standard InChI is InChI=1S/C16H16ClN5/c1-21-10-20-14-15(21)18-9-19-16(14)22-8-2-3-13(22)11-4-6-12(17)7-5-11/h4-7,9-10,13H,2-3,8H2,1H3. The average Bonchev–Trinajstić information content (AvgIpc) is 3.15. The zero-order valence-corrected chi connectivity index (χ0v) is 13.0. The van der Waals surface area contributed by atoms with E-state index in [2.05, 4.69) is 32.0 Å². The first kappa shape index (κ1) is 13.5. The van der Waals surface area contributed by atoms with Gasteiger partial charge in [-0.25, -0.2) is 15.0 Å². The molecule has 3 heterocycles. The lowest BCUT2D eigenvalue weighted by Crippen LogP contribution is -2.24. The number of imidazole rings is 1. The van der Waals surface area contributed by atoms with Crippen molar-refractivity contribution in [2.45, 2.75) is 18.9 Å². The summed E-state index contributed by atoms with van der Waals surface area (Å²) in [4.78, 5) is 15.6. The summed E-state index contributed by atoms with van der Waals surface area (Å²) < 4.78 is 1.92. The van der Waals surface area contributed by atoms with Crippen molar-refractivity contribution in [3.05, 3.63) is 47.5 Å². The molecule has 6 heteroatoms. The molecule has 0 spiro atoms. The highest BCUT2D eigenvalue weighted by Gasteiger charge is 2.29. The van der Waals surface area contributed by atoms with E-state index in [0.29, 0.717) is 6.04 Å². The van der Waals surface area contributed by atoms with Gasteiger partial charge >= 0.3 is 0 Å². The third-order valence-corrected chi connectivity index (χ3v) is 4.51. The minimum absolute atomic E-state index is 0.317. The van der Waals surface area contributed by atoms with Crippen LogP contribution in [0.2, 0.25) is 5.02 Å². The summed E-state index contributed by atoms with van der Waals surface area (Å²) in [5, 5.41) is 0.766. The molecule has 0 N–H and O–H groups in total. The van der Waals surface area contributed by atoms with Gasteiger partial charge in [0.2, 0.25) is 0 Å². The van der Waals surface area contributed by atoms with Crippen molar-refractivity contribution in [2.24, 2.45) is 7.05 Å². The number of hydrogen-bond acceptors (Lipinski definition) is 4. The molecule has 1 unspecified atom stereocenters. The fourth-order valence-electron chi connectivity index (χ4n) is 3.20. The summed E-state index contributed by atoms with van der Waals surface area (Å²) in [6.45, 7) is 0.982. The van der Waals surface area contributed by atoms with Gasteiger partial charge in [0, 0.05) is 18.6 Å². The Morgan fingerprint density at radius 2 is 1.95 bits per heavy atom. The first-order valence-corrected chi connectivity index (χ1v) is 7.76. The lowest BCUT2D eigenvalue weighted by molar-refractivity contribution is 0.712. The van der Waals surface area contributed by atoms with E-state index >= 15 is 0 Å². The lowest BCUT2D eigenvalue weighted by Gasteiger charge is -2.26. The topological polar surface area (TPSA) is 46.8 Å². The van der Waals surface area contributed by atoms with Gasteiger partial charge in [0.25, 0.3) is 0 Å². The Morgan fingerprint density at radius 1 is 1.14 bits per heavy atom. The Kier molecular flexibility index (Phi) is 3.22. The molecule has 0 amide bonds. The Labute approximate surface area is 133 Å². The van der Waals surface area contributed by atoms with Gasteiger partial charge in [0.05, 0.1) is 12.4 Å². The van der Waals surface area contributed by atoms with Gasteiger partial charge in [0.1, 0.15) is 6.33 Å².